The number of anilines is 1. The molecule has 21 heavy (non-hydrogen) atoms. The molecule has 0 bridgehead atoms. The Balaban J connectivity index is 2.22. The summed E-state index contributed by atoms with van der Waals surface area (Å²) in [6, 6.07) is 3.30. The van der Waals surface area contributed by atoms with E-state index in [1.54, 1.807) is 13.0 Å². The number of β-amino-alcohol motifs (C(OH)–C–C–N with tert-alkyl or cyclic N) is 1. The number of aliphatic hydroxyl groups is 1. The third kappa shape index (κ3) is 3.93. The van der Waals surface area contributed by atoms with Crippen LogP contribution < -0.4 is 10.6 Å². The van der Waals surface area contributed by atoms with E-state index in [2.05, 4.69) is 9.80 Å². The Labute approximate surface area is 126 Å². The van der Waals surface area contributed by atoms with Gasteiger partial charge in [0, 0.05) is 37.9 Å². The van der Waals surface area contributed by atoms with Crippen molar-refractivity contribution in [2.75, 3.05) is 44.2 Å². The molecule has 1 heterocycles. The zero-order valence-electron chi connectivity index (χ0n) is 13.0. The van der Waals surface area contributed by atoms with Crippen molar-refractivity contribution in [3.8, 4) is 0 Å². The Kier molecular flexibility index (Phi) is 5.56. The van der Waals surface area contributed by atoms with Crippen LogP contribution in [-0.2, 0) is 0 Å². The fourth-order valence-corrected chi connectivity index (χ4v) is 2.90. The Hall–Kier alpha value is -1.17. The first kappa shape index (κ1) is 16.2. The van der Waals surface area contributed by atoms with Gasteiger partial charge in [0.1, 0.15) is 5.82 Å². The standard InChI is InChI=1S/C16H26FN3O/c1-12-10-16(14(13(2)18)11-15(12)17)20-5-3-4-19(6-7-20)8-9-21/h10-11,13,21H,3-9,18H2,1-2H3. The molecule has 0 amide bonds. The molecule has 5 heteroatoms. The van der Waals surface area contributed by atoms with Crippen molar-refractivity contribution in [2.45, 2.75) is 26.3 Å². The second kappa shape index (κ2) is 7.20. The summed E-state index contributed by atoms with van der Waals surface area (Å²) in [5, 5.41) is 9.06. The molecule has 0 aliphatic carbocycles. The molecule has 0 spiro atoms. The van der Waals surface area contributed by atoms with Crippen LogP contribution in [0.5, 0.6) is 0 Å². The summed E-state index contributed by atoms with van der Waals surface area (Å²) in [7, 11) is 0. The molecule has 3 N–H and O–H groups in total. The Morgan fingerprint density at radius 1 is 1.29 bits per heavy atom. The van der Waals surface area contributed by atoms with Gasteiger partial charge >= 0.3 is 0 Å². The minimum atomic E-state index is -0.192. The van der Waals surface area contributed by atoms with Crippen LogP contribution in [0.25, 0.3) is 0 Å². The van der Waals surface area contributed by atoms with Gasteiger partial charge < -0.3 is 15.7 Å². The molecule has 2 rings (SSSR count). The van der Waals surface area contributed by atoms with Crippen LogP contribution in [-0.4, -0.2) is 49.3 Å². The first-order valence-electron chi connectivity index (χ1n) is 7.66. The monoisotopic (exact) mass is 295 g/mol. The number of aliphatic hydroxyl groups excluding tert-OH is 1. The van der Waals surface area contributed by atoms with E-state index in [4.69, 9.17) is 10.8 Å². The second-order valence-electron chi connectivity index (χ2n) is 5.85. The highest BCUT2D eigenvalue weighted by molar-refractivity contribution is 5.57. The quantitative estimate of drug-likeness (QED) is 0.887. The molecule has 1 aromatic carbocycles. The fourth-order valence-electron chi connectivity index (χ4n) is 2.90. The molecule has 1 aliphatic heterocycles. The average molecular weight is 295 g/mol. The zero-order valence-corrected chi connectivity index (χ0v) is 13.0. The van der Waals surface area contributed by atoms with Crippen molar-refractivity contribution in [1.29, 1.82) is 0 Å². The first-order chi connectivity index (χ1) is 10.0. The normalized spacial score (nSPS) is 18.6. The van der Waals surface area contributed by atoms with Crippen molar-refractivity contribution in [1.82, 2.24) is 4.90 Å². The van der Waals surface area contributed by atoms with Gasteiger partial charge in [-0.2, -0.15) is 0 Å². The zero-order chi connectivity index (χ0) is 15.4. The number of halogens is 1. The van der Waals surface area contributed by atoms with E-state index >= 15 is 0 Å². The molecule has 0 aromatic heterocycles. The number of rotatable bonds is 4. The van der Waals surface area contributed by atoms with E-state index < -0.39 is 0 Å². The fraction of sp³-hybridized carbons (Fsp3) is 0.625. The number of benzene rings is 1. The molecule has 118 valence electrons. The number of hydrogen-bond donors (Lipinski definition) is 2. The summed E-state index contributed by atoms with van der Waals surface area (Å²) in [5.41, 5.74) is 8.60. The van der Waals surface area contributed by atoms with E-state index in [1.165, 1.54) is 0 Å². The molecule has 1 atom stereocenters. The summed E-state index contributed by atoms with van der Waals surface area (Å²) in [5.74, 6) is -0.192. The van der Waals surface area contributed by atoms with Crippen LogP contribution in [0.3, 0.4) is 0 Å². The van der Waals surface area contributed by atoms with Gasteiger partial charge in [-0.05, 0) is 50.1 Å². The number of hydrogen-bond acceptors (Lipinski definition) is 4. The van der Waals surface area contributed by atoms with Crippen molar-refractivity contribution in [3.05, 3.63) is 29.1 Å². The number of nitrogens with two attached hydrogens (primary N) is 1. The molecule has 0 radical (unpaired) electrons. The van der Waals surface area contributed by atoms with Crippen LogP contribution in [0.2, 0.25) is 0 Å². The van der Waals surface area contributed by atoms with E-state index in [1.807, 2.05) is 13.0 Å². The molecule has 1 aromatic rings. The molecular weight excluding hydrogens is 269 g/mol. The van der Waals surface area contributed by atoms with Crippen LogP contribution in [0.1, 0.15) is 30.5 Å². The number of nitrogens with zero attached hydrogens (tertiary/aromatic N) is 2. The first-order valence-corrected chi connectivity index (χ1v) is 7.66. The van der Waals surface area contributed by atoms with Gasteiger partial charge in [-0.25, -0.2) is 4.39 Å². The smallest absolute Gasteiger partial charge is 0.126 e. The lowest BCUT2D eigenvalue weighted by Gasteiger charge is -2.27. The summed E-state index contributed by atoms with van der Waals surface area (Å²) in [6.07, 6.45) is 1.04. The van der Waals surface area contributed by atoms with Crippen molar-refractivity contribution < 1.29 is 9.50 Å². The van der Waals surface area contributed by atoms with Crippen LogP contribution >= 0.6 is 0 Å². The highest BCUT2D eigenvalue weighted by Crippen LogP contribution is 2.29. The van der Waals surface area contributed by atoms with Gasteiger partial charge in [-0.1, -0.05) is 0 Å². The van der Waals surface area contributed by atoms with Crippen LogP contribution in [0, 0.1) is 12.7 Å². The maximum absolute atomic E-state index is 13.8. The minimum Gasteiger partial charge on any atom is -0.395 e. The topological polar surface area (TPSA) is 52.7 Å². The average Bonchev–Trinajstić information content (AvgIpc) is 2.67. The summed E-state index contributed by atoms with van der Waals surface area (Å²) in [6.45, 7) is 8.32. The molecule has 1 unspecified atom stereocenters. The molecule has 0 saturated carbocycles. The third-order valence-corrected chi connectivity index (χ3v) is 4.14. The van der Waals surface area contributed by atoms with Gasteiger partial charge in [-0.15, -0.1) is 0 Å². The lowest BCUT2D eigenvalue weighted by Crippen LogP contribution is -2.33. The molecule has 1 fully saturated rings. The van der Waals surface area contributed by atoms with E-state index in [-0.39, 0.29) is 18.5 Å². The SMILES string of the molecule is Cc1cc(N2CCCN(CCO)CC2)c(C(C)N)cc1F. The van der Waals surface area contributed by atoms with Gasteiger partial charge in [-0.3, -0.25) is 4.90 Å². The minimum absolute atomic E-state index is 0.188. The second-order valence-corrected chi connectivity index (χ2v) is 5.85. The molecule has 1 saturated heterocycles. The van der Waals surface area contributed by atoms with Gasteiger partial charge in [0.25, 0.3) is 0 Å². The highest BCUT2D eigenvalue weighted by atomic mass is 19.1. The predicted octanol–water partition coefficient (Wildman–Crippen LogP) is 1.66. The largest absolute Gasteiger partial charge is 0.395 e. The van der Waals surface area contributed by atoms with E-state index in [0.29, 0.717) is 5.56 Å². The lowest BCUT2D eigenvalue weighted by atomic mass is 10.0. The van der Waals surface area contributed by atoms with Crippen molar-refractivity contribution >= 4 is 5.69 Å². The Morgan fingerprint density at radius 2 is 2.05 bits per heavy atom. The molecule has 4 nitrogen and oxygen atoms in total. The van der Waals surface area contributed by atoms with E-state index in [0.717, 1.165) is 50.4 Å². The maximum atomic E-state index is 13.8. The summed E-state index contributed by atoms with van der Waals surface area (Å²) >= 11 is 0. The molecular formula is C16H26FN3O. The van der Waals surface area contributed by atoms with Crippen molar-refractivity contribution in [3.63, 3.8) is 0 Å². The van der Waals surface area contributed by atoms with Crippen LogP contribution in [0.4, 0.5) is 10.1 Å². The highest BCUT2D eigenvalue weighted by Gasteiger charge is 2.19. The molecule has 1 aliphatic rings. The van der Waals surface area contributed by atoms with Crippen molar-refractivity contribution in [2.24, 2.45) is 5.73 Å². The van der Waals surface area contributed by atoms with Gasteiger partial charge in [0.2, 0.25) is 0 Å². The Bertz CT molecular complexity index is 479. The predicted molar refractivity (Wildman–Crippen MR) is 84.1 cm³/mol. The Morgan fingerprint density at radius 3 is 2.71 bits per heavy atom. The van der Waals surface area contributed by atoms with Gasteiger partial charge in [0.05, 0.1) is 6.61 Å². The summed E-state index contributed by atoms with van der Waals surface area (Å²) in [4.78, 5) is 4.56. The third-order valence-electron chi connectivity index (χ3n) is 4.14. The maximum Gasteiger partial charge on any atom is 0.126 e. The van der Waals surface area contributed by atoms with E-state index in [9.17, 15) is 4.39 Å². The number of aryl methyl sites for hydroxylation is 1. The summed E-state index contributed by atoms with van der Waals surface area (Å²) < 4.78 is 13.8. The lowest BCUT2D eigenvalue weighted by molar-refractivity contribution is 0.204. The van der Waals surface area contributed by atoms with Gasteiger partial charge in [0.15, 0.2) is 0 Å². The van der Waals surface area contributed by atoms with Crippen LogP contribution in [0.15, 0.2) is 12.1 Å².